The number of aromatic hydroxyl groups is 2. The van der Waals surface area contributed by atoms with Crippen LogP contribution in [0.5, 0.6) is 17.2 Å². The number of benzene rings is 2. The van der Waals surface area contributed by atoms with Gasteiger partial charge in [-0.3, -0.25) is 4.79 Å². The summed E-state index contributed by atoms with van der Waals surface area (Å²) in [6, 6.07) is 14.6. The number of hydrogen-bond acceptors (Lipinski definition) is 13. The zero-order chi connectivity index (χ0) is 41.4. The van der Waals surface area contributed by atoms with Gasteiger partial charge < -0.3 is 45.4 Å². The summed E-state index contributed by atoms with van der Waals surface area (Å²) in [5.74, 6) is 4.99. The third-order valence-corrected chi connectivity index (χ3v) is 11.5. The Morgan fingerprint density at radius 3 is 2.62 bits per heavy atom. The quantitative estimate of drug-likeness (QED) is 0.0596. The SMILES string of the molecule is CC=C(C)C(=O)OC1Cc2c3c(c4oc(CO)cc(=O)c4c2O)C(c2ccnc(N)c2)C(CO)(c2cccc(O)c2)C#CCC(Cc2ccc(NCC)nc2)C1(C)O3. The van der Waals surface area contributed by atoms with Gasteiger partial charge in [0.25, 0.3) is 0 Å². The van der Waals surface area contributed by atoms with Crippen molar-refractivity contribution in [1.82, 2.24) is 9.97 Å². The maximum Gasteiger partial charge on any atom is 0.333 e. The lowest BCUT2D eigenvalue weighted by molar-refractivity contribution is -0.164. The highest BCUT2D eigenvalue weighted by Crippen LogP contribution is 2.56. The predicted octanol–water partition coefficient (Wildman–Crippen LogP) is 5.40. The van der Waals surface area contributed by atoms with E-state index in [1.54, 1.807) is 50.4 Å². The van der Waals surface area contributed by atoms with Gasteiger partial charge in [0.05, 0.1) is 12.0 Å². The van der Waals surface area contributed by atoms with Crippen molar-refractivity contribution in [3.05, 3.63) is 122 Å². The minimum atomic E-state index is -1.60. The number of nitrogens with zero attached hydrogens (tertiary/aromatic N) is 2. The Labute approximate surface area is 335 Å². The van der Waals surface area contributed by atoms with Gasteiger partial charge in [-0.25, -0.2) is 14.8 Å². The van der Waals surface area contributed by atoms with Gasteiger partial charge in [0.1, 0.15) is 63.9 Å². The second-order valence-corrected chi connectivity index (χ2v) is 15.0. The number of phenolic OH excluding ortho intramolecular Hbond substituents is 2. The standard InChI is InChI=1S/C45H46N4O9/c1-5-25(3)43(55)57-34-21-32-40(54)37-33(53)20-31(23-50)56-42(37)38-39(27-14-16-48-35(46)18-27)45(24-51,29-9-7-11-30(52)19-29)15-8-10-28(44(34,4)58-41(32)38)17-26-12-13-36(47-6-2)49-22-26/h5,7,9,11-14,16,18-20,22,28,34,39,50-52,54H,6,10,17,21,23-24H2,1-4H3,(H2,46,48)(H,47,49). The summed E-state index contributed by atoms with van der Waals surface area (Å²) in [6.07, 6.45) is 4.34. The highest BCUT2D eigenvalue weighted by Gasteiger charge is 2.54. The normalized spacial score (nSPS) is 22.7. The minimum absolute atomic E-state index is 0.0832. The van der Waals surface area contributed by atoms with Gasteiger partial charge in [-0.2, -0.15) is 0 Å². The number of aromatic nitrogens is 2. The second-order valence-electron chi connectivity index (χ2n) is 15.0. The lowest BCUT2D eigenvalue weighted by atomic mass is 9.63. The Morgan fingerprint density at radius 2 is 1.95 bits per heavy atom. The molecule has 7 rings (SSSR count). The van der Waals surface area contributed by atoms with Crippen molar-refractivity contribution in [3.63, 3.8) is 0 Å². The van der Waals surface area contributed by atoms with E-state index in [0.717, 1.165) is 11.6 Å². The van der Waals surface area contributed by atoms with Crippen LogP contribution in [0, 0.1) is 17.8 Å². The molecule has 5 heterocycles. The van der Waals surface area contributed by atoms with Crippen LogP contribution in [0.3, 0.4) is 0 Å². The molecule has 0 radical (unpaired) electrons. The number of carbonyl (C=O) groups is 1. The number of phenols is 2. The number of anilines is 2. The van der Waals surface area contributed by atoms with Gasteiger partial charge in [0, 0.05) is 66.4 Å². The largest absolute Gasteiger partial charge is 0.508 e. The third-order valence-electron chi connectivity index (χ3n) is 11.5. The van der Waals surface area contributed by atoms with E-state index in [9.17, 15) is 30.0 Å². The Morgan fingerprint density at radius 1 is 1.14 bits per heavy atom. The molecule has 2 bridgehead atoms. The molecule has 7 N–H and O–H groups in total. The molecular weight excluding hydrogens is 741 g/mol. The number of pyridine rings is 2. The maximum absolute atomic E-state index is 14.0. The predicted molar refractivity (Wildman–Crippen MR) is 217 cm³/mol. The van der Waals surface area contributed by atoms with E-state index in [1.165, 1.54) is 18.3 Å². The molecule has 2 aliphatic heterocycles. The zero-order valence-electron chi connectivity index (χ0n) is 32.7. The first kappa shape index (κ1) is 39.9. The monoisotopic (exact) mass is 786 g/mol. The van der Waals surface area contributed by atoms with Gasteiger partial charge in [0.15, 0.2) is 5.43 Å². The molecule has 5 aromatic rings. The fourth-order valence-electron chi connectivity index (χ4n) is 8.23. The number of nitrogens with one attached hydrogen (secondary N) is 1. The van der Waals surface area contributed by atoms with Gasteiger partial charge >= 0.3 is 5.97 Å². The first-order chi connectivity index (χ1) is 27.9. The van der Waals surface area contributed by atoms with Crippen LogP contribution in [0.4, 0.5) is 11.6 Å². The van der Waals surface area contributed by atoms with Gasteiger partial charge in [-0.1, -0.05) is 30.2 Å². The van der Waals surface area contributed by atoms with E-state index in [0.29, 0.717) is 35.5 Å². The van der Waals surface area contributed by atoms with Gasteiger partial charge in [-0.15, -0.1) is 5.92 Å². The molecule has 0 amide bonds. The van der Waals surface area contributed by atoms with Crippen LogP contribution in [0.15, 0.2) is 87.9 Å². The summed E-state index contributed by atoms with van der Waals surface area (Å²) < 4.78 is 19.9. The van der Waals surface area contributed by atoms with Crippen LogP contribution in [0.1, 0.15) is 73.6 Å². The molecule has 0 aliphatic carbocycles. The molecule has 58 heavy (non-hydrogen) atoms. The summed E-state index contributed by atoms with van der Waals surface area (Å²) >= 11 is 0. The number of allylic oxidation sites excluding steroid dienone is 1. The first-order valence-corrected chi connectivity index (χ1v) is 19.2. The van der Waals surface area contributed by atoms with Crippen LogP contribution >= 0.6 is 0 Å². The Kier molecular flexibility index (Phi) is 10.9. The highest BCUT2D eigenvalue weighted by atomic mass is 16.6. The van der Waals surface area contributed by atoms with Crippen molar-refractivity contribution >= 4 is 28.6 Å². The summed E-state index contributed by atoms with van der Waals surface area (Å²) in [5.41, 5.74) is 5.11. The molecule has 5 atom stereocenters. The van der Waals surface area contributed by atoms with Crippen molar-refractivity contribution in [2.75, 3.05) is 24.2 Å². The molecule has 0 saturated heterocycles. The van der Waals surface area contributed by atoms with Crippen LogP contribution in [0.25, 0.3) is 11.0 Å². The molecule has 2 aromatic carbocycles. The molecule has 2 aliphatic rings. The van der Waals surface area contributed by atoms with Crippen molar-refractivity contribution in [3.8, 4) is 29.1 Å². The van der Waals surface area contributed by atoms with Gasteiger partial charge in [-0.05, 0) is 81.1 Å². The number of carbonyl (C=O) groups excluding carboxylic acids is 1. The van der Waals surface area contributed by atoms with Crippen LogP contribution in [-0.4, -0.2) is 61.2 Å². The Balaban J connectivity index is 1.62. The van der Waals surface area contributed by atoms with E-state index in [4.69, 9.17) is 19.6 Å². The number of esters is 1. The Hall–Kier alpha value is -6.36. The van der Waals surface area contributed by atoms with Crippen LogP contribution < -0.4 is 21.2 Å². The second kappa shape index (κ2) is 15.9. The number of rotatable bonds is 10. The fraction of sp³-hybridized carbons (Fsp3) is 0.333. The van der Waals surface area contributed by atoms with Crippen molar-refractivity contribution in [1.29, 1.82) is 0 Å². The average molecular weight is 787 g/mol. The smallest absolute Gasteiger partial charge is 0.333 e. The number of aliphatic hydroxyl groups is 2. The van der Waals surface area contributed by atoms with Crippen molar-refractivity contribution in [2.45, 2.75) is 76.6 Å². The molecule has 13 nitrogen and oxygen atoms in total. The summed E-state index contributed by atoms with van der Waals surface area (Å²) in [7, 11) is 0. The highest BCUT2D eigenvalue weighted by molar-refractivity contribution is 5.92. The van der Waals surface area contributed by atoms with E-state index in [2.05, 4.69) is 27.1 Å². The van der Waals surface area contributed by atoms with Crippen molar-refractivity contribution < 1.29 is 39.1 Å². The molecule has 3 aromatic heterocycles. The fourth-order valence-corrected chi connectivity index (χ4v) is 8.23. The molecule has 5 unspecified atom stereocenters. The number of fused-ring (bicyclic) bond motifs is 3. The van der Waals surface area contributed by atoms with E-state index < -0.39 is 59.3 Å². The number of nitrogens with two attached hydrogens (primary N) is 1. The van der Waals surface area contributed by atoms with E-state index >= 15 is 0 Å². The molecule has 13 heteroatoms. The number of hydrogen-bond donors (Lipinski definition) is 6. The molecule has 300 valence electrons. The summed E-state index contributed by atoms with van der Waals surface area (Å²) in [6.45, 7) is 6.63. The molecule has 0 saturated carbocycles. The minimum Gasteiger partial charge on any atom is -0.508 e. The van der Waals surface area contributed by atoms with Crippen LogP contribution in [0.2, 0.25) is 0 Å². The number of ether oxygens (including phenoxy) is 2. The van der Waals surface area contributed by atoms with Crippen molar-refractivity contribution in [2.24, 2.45) is 5.92 Å². The van der Waals surface area contributed by atoms with E-state index in [-0.39, 0.29) is 58.0 Å². The zero-order valence-corrected chi connectivity index (χ0v) is 32.7. The Bertz CT molecular complexity index is 2540. The van der Waals surface area contributed by atoms with E-state index in [1.807, 2.05) is 26.0 Å². The first-order valence-electron chi connectivity index (χ1n) is 19.2. The summed E-state index contributed by atoms with van der Waals surface area (Å²) in [4.78, 5) is 36.4. The maximum atomic E-state index is 14.0. The topological polar surface area (TPSA) is 210 Å². The lowest BCUT2D eigenvalue weighted by Crippen LogP contribution is -2.57. The average Bonchev–Trinajstić information content (AvgIpc) is 3.21. The third kappa shape index (κ3) is 6.99. The summed E-state index contributed by atoms with van der Waals surface area (Å²) in [5, 5.41) is 48.1. The molecule has 0 spiro atoms. The lowest BCUT2D eigenvalue weighted by Gasteiger charge is -2.48. The number of nitrogen functional groups attached to an aromatic ring is 1. The number of aliphatic hydroxyl groups excluding tert-OH is 2. The molecular formula is C45H46N4O9. The van der Waals surface area contributed by atoms with Gasteiger partial charge in [0.2, 0.25) is 0 Å². The molecule has 0 fully saturated rings. The van der Waals surface area contributed by atoms with Crippen LogP contribution in [-0.2, 0) is 34.4 Å².